The first-order valence-corrected chi connectivity index (χ1v) is 31.4. The highest BCUT2D eigenvalue weighted by Gasteiger charge is 2.16. The average molecular weight is 1430 g/mol. The van der Waals surface area contributed by atoms with Gasteiger partial charge in [-0.05, 0) is 164 Å². The summed E-state index contributed by atoms with van der Waals surface area (Å²) in [6, 6.07) is 49.9. The molecule has 0 spiro atoms. The molecule has 488 valence electrons. The summed E-state index contributed by atoms with van der Waals surface area (Å²) >= 11 is 35.6. The second-order valence-electron chi connectivity index (χ2n) is 20.7. The van der Waals surface area contributed by atoms with Gasteiger partial charge in [-0.1, -0.05) is 72.3 Å². The van der Waals surface area contributed by atoms with E-state index in [1.807, 2.05) is 136 Å². The van der Waals surface area contributed by atoms with Crippen molar-refractivity contribution in [3.8, 4) is 22.6 Å². The van der Waals surface area contributed by atoms with Gasteiger partial charge < -0.3 is 26.6 Å². The molecule has 0 aliphatic rings. The van der Waals surface area contributed by atoms with Gasteiger partial charge in [-0.15, -0.1) is 0 Å². The minimum atomic E-state index is -0.324. The van der Waals surface area contributed by atoms with Crippen LogP contribution in [-0.4, -0.2) is 106 Å². The van der Waals surface area contributed by atoms with E-state index in [4.69, 9.17) is 69.6 Å². The first-order chi connectivity index (χ1) is 47.6. The topological polar surface area (TPSA) is 345 Å². The summed E-state index contributed by atoms with van der Waals surface area (Å²) in [6.07, 6.45) is 4.88. The van der Waals surface area contributed by atoms with Crippen molar-refractivity contribution in [2.75, 3.05) is 26.6 Å². The quantitative estimate of drug-likeness (QED) is 0.0508. The summed E-state index contributed by atoms with van der Waals surface area (Å²) in [4.78, 5) is 45.0. The molecule has 0 radical (unpaired) electrons. The normalized spacial score (nSPS) is 10.8. The summed E-state index contributed by atoms with van der Waals surface area (Å²) in [7, 11) is 0. The number of hydrogen-bond acceptors (Lipinski definition) is 21. The van der Waals surface area contributed by atoms with Crippen LogP contribution in [0.15, 0.2) is 182 Å². The number of pyridine rings is 1. The van der Waals surface area contributed by atoms with E-state index < -0.39 is 0 Å². The van der Waals surface area contributed by atoms with E-state index in [1.54, 1.807) is 55.0 Å². The zero-order chi connectivity index (χ0) is 68.1. The first-order valence-electron chi connectivity index (χ1n) is 29.1. The Bertz CT molecular complexity index is 5420. The van der Waals surface area contributed by atoms with Crippen molar-refractivity contribution in [3.63, 3.8) is 0 Å². The SMILES string of the molecule is Cc1cc(Nc2ccnc(Cl)n2)n[nH]1.Cc1nc(Cl)nc(Nc2n[nH]c3ccc(F)cc23)c1C.Clc1nc(Nc2n[nH]c3ccccc23)cc(-c2ccccc2Cl)n1.Clc1nc(Nc2n[nH]c3ccccc23)cc(-c2ccccn2)n1.Clc1nccc(Nc2n[nH]c3ccccc23)n1. The number of benzene rings is 5. The number of anilines is 10. The number of aromatic amines is 5. The molecule has 98 heavy (non-hydrogen) atoms. The minimum Gasteiger partial charge on any atom is -0.323 e. The molecule has 0 fully saturated rings. The molecular weight excluding hydrogens is 1380 g/mol. The predicted molar refractivity (Wildman–Crippen MR) is 382 cm³/mol. The van der Waals surface area contributed by atoms with Crippen LogP contribution < -0.4 is 26.6 Å². The predicted octanol–water partition coefficient (Wildman–Crippen LogP) is 17.0. The lowest BCUT2D eigenvalue weighted by molar-refractivity contribution is 0.630. The van der Waals surface area contributed by atoms with Gasteiger partial charge in [0.25, 0.3) is 0 Å². The van der Waals surface area contributed by atoms with Crippen LogP contribution in [0.1, 0.15) is 17.0 Å². The highest BCUT2D eigenvalue weighted by Crippen LogP contribution is 2.32. The Morgan fingerprint density at radius 2 is 0.806 bits per heavy atom. The third-order valence-corrected chi connectivity index (χ3v) is 15.2. The van der Waals surface area contributed by atoms with Crippen LogP contribution in [0, 0.1) is 26.6 Å². The number of para-hydroxylation sites is 3. The molecular formula is C65H49Cl6FN26. The molecule has 0 bridgehead atoms. The monoisotopic (exact) mass is 1420 g/mol. The number of aryl methyl sites for hydroxylation is 2. The molecule has 10 N–H and O–H groups in total. The third kappa shape index (κ3) is 16.9. The molecule has 0 saturated carbocycles. The fourth-order valence-electron chi connectivity index (χ4n) is 9.29. The number of fused-ring (bicyclic) bond motifs is 4. The minimum absolute atomic E-state index is 0.134. The van der Waals surface area contributed by atoms with Crippen LogP contribution >= 0.6 is 69.6 Å². The lowest BCUT2D eigenvalue weighted by atomic mass is 10.1. The van der Waals surface area contributed by atoms with Crippen LogP contribution in [-0.2, 0) is 0 Å². The molecule has 26 nitrogen and oxygen atoms in total. The molecule has 0 unspecified atom stereocenters. The lowest BCUT2D eigenvalue weighted by Gasteiger charge is -2.08. The molecule has 5 aromatic carbocycles. The van der Waals surface area contributed by atoms with E-state index >= 15 is 0 Å². The Morgan fingerprint density at radius 3 is 1.35 bits per heavy atom. The highest BCUT2D eigenvalue weighted by atomic mass is 35.5. The van der Waals surface area contributed by atoms with Crippen LogP contribution in [0.25, 0.3) is 66.3 Å². The van der Waals surface area contributed by atoms with Crippen molar-refractivity contribution in [2.45, 2.75) is 20.8 Å². The van der Waals surface area contributed by atoms with E-state index in [2.05, 4.69) is 132 Å². The number of H-pyrrole nitrogens is 5. The number of nitrogens with zero attached hydrogens (tertiary/aromatic N) is 16. The Kier molecular flexibility index (Phi) is 20.9. The molecule has 0 saturated heterocycles. The van der Waals surface area contributed by atoms with Crippen molar-refractivity contribution in [2.24, 2.45) is 0 Å². The maximum absolute atomic E-state index is 13.3. The Balaban J connectivity index is 0.000000118. The number of halogens is 7. The fourth-order valence-corrected chi connectivity index (χ4v) is 10.4. The Hall–Kier alpha value is -11.6. The van der Waals surface area contributed by atoms with Crippen LogP contribution in [0.3, 0.4) is 0 Å². The largest absolute Gasteiger partial charge is 0.323 e. The molecule has 16 rings (SSSR count). The number of aromatic nitrogens is 21. The van der Waals surface area contributed by atoms with Crippen LogP contribution in [0.4, 0.5) is 62.6 Å². The summed E-state index contributed by atoms with van der Waals surface area (Å²) in [5.41, 5.74) is 9.01. The molecule has 0 aliphatic heterocycles. The van der Waals surface area contributed by atoms with Gasteiger partial charge in [-0.3, -0.25) is 30.5 Å². The zero-order valence-electron chi connectivity index (χ0n) is 51.1. The summed E-state index contributed by atoms with van der Waals surface area (Å²) in [5, 5.41) is 55.9. The highest BCUT2D eigenvalue weighted by molar-refractivity contribution is 6.33. The molecule has 0 atom stereocenters. The zero-order valence-corrected chi connectivity index (χ0v) is 55.7. The van der Waals surface area contributed by atoms with Crippen molar-refractivity contribution < 1.29 is 4.39 Å². The van der Waals surface area contributed by atoms with Gasteiger partial charge in [0, 0.05) is 85.9 Å². The number of nitrogens with one attached hydrogen (secondary N) is 10. The summed E-state index contributed by atoms with van der Waals surface area (Å²) < 4.78 is 13.3. The van der Waals surface area contributed by atoms with Gasteiger partial charge in [-0.25, -0.2) is 54.2 Å². The van der Waals surface area contributed by atoms with E-state index in [0.29, 0.717) is 74.2 Å². The maximum Gasteiger partial charge on any atom is 0.224 e. The van der Waals surface area contributed by atoms with Crippen LogP contribution in [0.5, 0.6) is 0 Å². The van der Waals surface area contributed by atoms with Crippen molar-refractivity contribution in [1.82, 2.24) is 106 Å². The molecule has 11 aromatic heterocycles. The van der Waals surface area contributed by atoms with Gasteiger partial charge in [0.15, 0.2) is 29.1 Å². The third-order valence-electron chi connectivity index (χ3n) is 14.0. The molecule has 16 aromatic rings. The average Bonchev–Trinajstić information content (AvgIpc) is 1.59. The number of rotatable bonds is 12. The maximum atomic E-state index is 13.3. The summed E-state index contributed by atoms with van der Waals surface area (Å²) in [6.45, 7) is 5.64. The Labute approximate surface area is 584 Å². The standard InChI is InChI=1S/C17H11Cl2N5.C16H11ClN6.C13H11ClFN5.C11H8ClN5.C8H8ClN5/c18-12-7-3-1-5-10(12)14-9-15(22-17(19)20-14)21-16-11-6-2-4-8-13(11)23-24-16;17-16-19-13(12-7-3-4-8-18-12)9-14(21-16)20-15-10-5-1-2-6-11(10)22-23-15;1-6-7(2)16-13(14)18-11(6)17-12-9-5-8(15)3-4-10(9)19-20-12;12-11-13-6-5-9(15-11)14-10-7-3-1-2-4-8(7)16-17-10;1-5-4-7(14-13-5)11-6-2-3-10-8(9)12-6/h1-9H,(H2,20,21,22,23,24);1-9H,(H2,19,20,21,22,23);3-5H,1-2H3,(H2,16,17,18,19,20);1-6H,(H2,13,14,15,16,17);2-4H,1H3,(H2,10,11,12,13,14). The van der Waals surface area contributed by atoms with Crippen molar-refractivity contribution >= 4 is 171 Å². The van der Waals surface area contributed by atoms with E-state index in [-0.39, 0.29) is 32.2 Å². The van der Waals surface area contributed by atoms with Gasteiger partial charge in [0.1, 0.15) is 34.9 Å². The van der Waals surface area contributed by atoms with Gasteiger partial charge in [0.05, 0.1) is 39.1 Å². The van der Waals surface area contributed by atoms with Gasteiger partial charge in [0.2, 0.25) is 26.4 Å². The second-order valence-corrected chi connectivity index (χ2v) is 22.8. The van der Waals surface area contributed by atoms with Crippen molar-refractivity contribution in [1.29, 1.82) is 0 Å². The van der Waals surface area contributed by atoms with Gasteiger partial charge in [-0.2, -0.15) is 25.5 Å². The summed E-state index contributed by atoms with van der Waals surface area (Å²) in [5.74, 6) is 5.84. The lowest BCUT2D eigenvalue weighted by Crippen LogP contribution is -2.01. The van der Waals surface area contributed by atoms with Crippen LogP contribution in [0.2, 0.25) is 31.4 Å². The van der Waals surface area contributed by atoms with E-state index in [0.717, 1.165) is 72.3 Å². The smallest absolute Gasteiger partial charge is 0.224 e. The molecule has 0 aliphatic carbocycles. The fraction of sp³-hybridized carbons (Fsp3) is 0.0462. The Morgan fingerprint density at radius 1 is 0.327 bits per heavy atom. The van der Waals surface area contributed by atoms with E-state index in [9.17, 15) is 4.39 Å². The molecule has 33 heteroatoms. The first kappa shape index (κ1) is 66.4. The van der Waals surface area contributed by atoms with Gasteiger partial charge >= 0.3 is 0 Å². The van der Waals surface area contributed by atoms with Crippen molar-refractivity contribution in [3.05, 3.63) is 237 Å². The van der Waals surface area contributed by atoms with E-state index in [1.165, 1.54) is 12.1 Å². The number of hydrogen-bond donors (Lipinski definition) is 10. The molecule has 0 amide bonds. The second kappa shape index (κ2) is 30.9. The molecule has 11 heterocycles.